The van der Waals surface area contributed by atoms with Crippen LogP contribution in [0, 0.1) is 12.3 Å². The Bertz CT molecular complexity index is 384. The monoisotopic (exact) mass is 343 g/mol. The predicted molar refractivity (Wildman–Crippen MR) is 90.3 cm³/mol. The molecule has 0 rings (SSSR count). The number of carbonyl (C=O) groups is 2. The summed E-state index contributed by atoms with van der Waals surface area (Å²) >= 11 is 0. The highest BCUT2D eigenvalue weighted by Gasteiger charge is 2.06. The smallest absolute Gasteiger partial charge is 0.221 e. The number of terminal acetylenes is 1. The molecule has 0 spiro atoms. The van der Waals surface area contributed by atoms with Crippen molar-refractivity contribution in [3.8, 4) is 12.3 Å². The van der Waals surface area contributed by atoms with Crippen molar-refractivity contribution in [3.05, 3.63) is 0 Å². The molecule has 0 aromatic rings. The summed E-state index contributed by atoms with van der Waals surface area (Å²) in [6, 6.07) is 0. The van der Waals surface area contributed by atoms with E-state index in [0.717, 1.165) is 0 Å². The van der Waals surface area contributed by atoms with Gasteiger partial charge in [-0.2, -0.15) is 0 Å². The minimum atomic E-state index is -0.108. The number of aliphatic hydroxyl groups excluding tert-OH is 1. The fourth-order valence-corrected chi connectivity index (χ4v) is 1.68. The summed E-state index contributed by atoms with van der Waals surface area (Å²) in [6.07, 6.45) is 5.73. The molecule has 0 saturated heterocycles. The zero-order valence-corrected chi connectivity index (χ0v) is 14.4. The molecule has 3 N–H and O–H groups in total. The van der Waals surface area contributed by atoms with Gasteiger partial charge in [0.25, 0.3) is 0 Å². The molecular formula is C16H29N3O5. The van der Waals surface area contributed by atoms with Crippen molar-refractivity contribution >= 4 is 11.8 Å². The van der Waals surface area contributed by atoms with Gasteiger partial charge in [-0.1, -0.05) is 5.92 Å². The van der Waals surface area contributed by atoms with Crippen molar-refractivity contribution in [2.75, 3.05) is 66.3 Å². The molecule has 24 heavy (non-hydrogen) atoms. The van der Waals surface area contributed by atoms with Crippen LogP contribution in [0.2, 0.25) is 0 Å². The van der Waals surface area contributed by atoms with Crippen molar-refractivity contribution in [1.82, 2.24) is 15.5 Å². The Morgan fingerprint density at radius 1 is 1.04 bits per heavy atom. The van der Waals surface area contributed by atoms with Crippen LogP contribution in [0.3, 0.4) is 0 Å². The third kappa shape index (κ3) is 15.2. The van der Waals surface area contributed by atoms with Crippen molar-refractivity contribution in [2.24, 2.45) is 0 Å². The number of hydrogen-bond donors (Lipinski definition) is 3. The van der Waals surface area contributed by atoms with Crippen LogP contribution in [-0.4, -0.2) is 88.1 Å². The van der Waals surface area contributed by atoms with Gasteiger partial charge in [0.2, 0.25) is 11.8 Å². The normalized spacial score (nSPS) is 10.4. The summed E-state index contributed by atoms with van der Waals surface area (Å²) in [5.74, 6) is 2.20. The van der Waals surface area contributed by atoms with Gasteiger partial charge < -0.3 is 30.1 Å². The van der Waals surface area contributed by atoms with Crippen LogP contribution in [0.4, 0.5) is 0 Å². The van der Waals surface area contributed by atoms with Gasteiger partial charge in [-0.3, -0.25) is 9.59 Å². The first-order valence-corrected chi connectivity index (χ1v) is 8.02. The second-order valence-corrected chi connectivity index (χ2v) is 5.10. The van der Waals surface area contributed by atoms with Gasteiger partial charge in [0.05, 0.1) is 26.4 Å². The van der Waals surface area contributed by atoms with E-state index in [4.69, 9.17) is 21.0 Å². The Hall–Kier alpha value is -1.66. The zero-order chi connectivity index (χ0) is 18.0. The van der Waals surface area contributed by atoms with Crippen LogP contribution in [0.1, 0.15) is 12.8 Å². The number of hydrogen-bond acceptors (Lipinski definition) is 6. The molecule has 0 atom stereocenters. The maximum Gasteiger partial charge on any atom is 0.221 e. The molecule has 2 amide bonds. The second-order valence-electron chi connectivity index (χ2n) is 5.10. The van der Waals surface area contributed by atoms with E-state index in [1.54, 1.807) is 0 Å². The Balaban J connectivity index is 3.47. The van der Waals surface area contributed by atoms with E-state index in [1.807, 2.05) is 11.9 Å². The number of carbonyl (C=O) groups excluding carboxylic acids is 2. The fourth-order valence-electron chi connectivity index (χ4n) is 1.68. The fraction of sp³-hybridized carbons (Fsp3) is 0.750. The minimum absolute atomic E-state index is 0.0567. The van der Waals surface area contributed by atoms with Gasteiger partial charge in [0.15, 0.2) is 0 Å². The molecular weight excluding hydrogens is 314 g/mol. The lowest BCUT2D eigenvalue weighted by atomic mass is 10.3. The first kappa shape index (κ1) is 22.3. The second kappa shape index (κ2) is 16.2. The highest BCUT2D eigenvalue weighted by Crippen LogP contribution is 1.91. The topological polar surface area (TPSA) is 100 Å². The van der Waals surface area contributed by atoms with Gasteiger partial charge in [-0.25, -0.2) is 0 Å². The molecule has 0 aromatic heterocycles. The molecule has 0 heterocycles. The summed E-state index contributed by atoms with van der Waals surface area (Å²) in [5.41, 5.74) is 0. The van der Waals surface area contributed by atoms with Crippen LogP contribution >= 0.6 is 0 Å². The van der Waals surface area contributed by atoms with E-state index in [0.29, 0.717) is 52.3 Å². The van der Waals surface area contributed by atoms with Crippen molar-refractivity contribution in [1.29, 1.82) is 0 Å². The summed E-state index contributed by atoms with van der Waals surface area (Å²) in [6.45, 7) is 3.36. The number of ether oxygens (including phenoxy) is 2. The summed E-state index contributed by atoms with van der Waals surface area (Å²) < 4.78 is 10.3. The molecule has 0 radical (unpaired) electrons. The standard InChI is InChI=1S/C16H29N3O5/c1-3-11-23-13-14-24-12-7-18-16(22)5-9-19(2)8-4-15(21)17-6-10-20/h1,20H,4-14H2,2H3,(H,17,21)(H,18,22). The summed E-state index contributed by atoms with van der Waals surface area (Å²) in [7, 11) is 1.85. The third-order valence-corrected chi connectivity index (χ3v) is 3.00. The third-order valence-electron chi connectivity index (χ3n) is 3.00. The Morgan fingerprint density at radius 3 is 2.21 bits per heavy atom. The van der Waals surface area contributed by atoms with Gasteiger partial charge in [0, 0.05) is 39.0 Å². The number of aliphatic hydroxyl groups is 1. The number of rotatable bonds is 15. The zero-order valence-electron chi connectivity index (χ0n) is 14.4. The lowest BCUT2D eigenvalue weighted by molar-refractivity contribution is -0.121. The van der Waals surface area contributed by atoms with E-state index in [9.17, 15) is 9.59 Å². The van der Waals surface area contributed by atoms with Gasteiger partial charge in [0.1, 0.15) is 6.61 Å². The Morgan fingerprint density at radius 2 is 1.62 bits per heavy atom. The Labute approximate surface area is 143 Å². The van der Waals surface area contributed by atoms with Gasteiger partial charge in [-0.05, 0) is 7.05 Å². The van der Waals surface area contributed by atoms with Crippen LogP contribution < -0.4 is 10.6 Å². The van der Waals surface area contributed by atoms with Gasteiger partial charge >= 0.3 is 0 Å². The SMILES string of the molecule is C#CCOCCOCCNC(=O)CCN(C)CCC(=O)NCCO. The number of amides is 2. The molecule has 0 aromatic carbocycles. The number of nitrogens with one attached hydrogen (secondary N) is 2. The molecule has 0 aliphatic carbocycles. The first-order valence-electron chi connectivity index (χ1n) is 8.02. The molecule has 138 valence electrons. The molecule has 0 fully saturated rings. The van der Waals surface area contributed by atoms with E-state index < -0.39 is 0 Å². The van der Waals surface area contributed by atoms with E-state index in [1.165, 1.54) is 0 Å². The largest absolute Gasteiger partial charge is 0.395 e. The lowest BCUT2D eigenvalue weighted by Crippen LogP contribution is -2.33. The van der Waals surface area contributed by atoms with Crippen molar-refractivity contribution in [3.63, 3.8) is 0 Å². The van der Waals surface area contributed by atoms with E-state index in [2.05, 4.69) is 16.6 Å². The Kier molecular flexibility index (Phi) is 15.1. The van der Waals surface area contributed by atoms with Crippen molar-refractivity contribution in [2.45, 2.75) is 12.8 Å². The average Bonchev–Trinajstić information content (AvgIpc) is 2.58. The first-order chi connectivity index (χ1) is 11.6. The molecule has 0 unspecified atom stereocenters. The quantitative estimate of drug-likeness (QED) is 0.250. The molecule has 0 aliphatic rings. The van der Waals surface area contributed by atoms with E-state index in [-0.39, 0.29) is 31.6 Å². The molecule has 8 heteroatoms. The lowest BCUT2D eigenvalue weighted by Gasteiger charge is -2.16. The predicted octanol–water partition coefficient (Wildman–Crippen LogP) is -1.41. The van der Waals surface area contributed by atoms with Crippen LogP contribution in [0.25, 0.3) is 0 Å². The van der Waals surface area contributed by atoms with E-state index >= 15 is 0 Å². The van der Waals surface area contributed by atoms with Crippen LogP contribution in [0.5, 0.6) is 0 Å². The molecule has 8 nitrogen and oxygen atoms in total. The highest BCUT2D eigenvalue weighted by atomic mass is 16.5. The summed E-state index contributed by atoms with van der Waals surface area (Å²) in [4.78, 5) is 24.9. The molecule has 0 saturated carbocycles. The molecule has 0 aliphatic heterocycles. The van der Waals surface area contributed by atoms with Crippen LogP contribution in [0.15, 0.2) is 0 Å². The van der Waals surface area contributed by atoms with Crippen LogP contribution in [-0.2, 0) is 19.1 Å². The average molecular weight is 343 g/mol. The molecule has 0 bridgehead atoms. The maximum atomic E-state index is 11.7. The van der Waals surface area contributed by atoms with Gasteiger partial charge in [-0.15, -0.1) is 6.42 Å². The summed E-state index contributed by atoms with van der Waals surface area (Å²) in [5, 5.41) is 13.9. The minimum Gasteiger partial charge on any atom is -0.395 e. The number of nitrogens with zero attached hydrogens (tertiary/aromatic N) is 1. The van der Waals surface area contributed by atoms with Crippen molar-refractivity contribution < 1.29 is 24.2 Å². The maximum absolute atomic E-state index is 11.7. The highest BCUT2D eigenvalue weighted by molar-refractivity contribution is 5.76.